The van der Waals surface area contributed by atoms with Crippen molar-refractivity contribution in [1.29, 1.82) is 0 Å². The Hall–Kier alpha value is -1.84. The lowest BCUT2D eigenvalue weighted by molar-refractivity contribution is 0.0696. The van der Waals surface area contributed by atoms with Crippen molar-refractivity contribution in [3.8, 4) is 0 Å². The van der Waals surface area contributed by atoms with Crippen LogP contribution in [0, 0.1) is 0 Å². The lowest BCUT2D eigenvalue weighted by atomic mass is 10.1. The summed E-state index contributed by atoms with van der Waals surface area (Å²) in [5, 5.41) is 10.9. The molecule has 4 nitrogen and oxygen atoms in total. The molecule has 0 aromatic heterocycles. The van der Waals surface area contributed by atoms with Gasteiger partial charge in [-0.05, 0) is 31.0 Å². The van der Waals surface area contributed by atoms with E-state index >= 15 is 0 Å². The van der Waals surface area contributed by atoms with E-state index in [-0.39, 0.29) is 0 Å². The summed E-state index contributed by atoms with van der Waals surface area (Å²) in [6.45, 7) is 1.75. The van der Waals surface area contributed by atoms with E-state index in [0.29, 0.717) is 5.56 Å². The first-order valence-corrected chi connectivity index (χ1v) is 5.42. The molecule has 0 bridgehead atoms. The van der Waals surface area contributed by atoms with Crippen molar-refractivity contribution in [3.05, 3.63) is 34.3 Å². The van der Waals surface area contributed by atoms with Crippen LogP contribution in [0.25, 0.3) is 5.70 Å². The molecule has 0 spiro atoms. The Bertz CT molecular complexity index is 577. The molecule has 0 amide bonds. The normalized spacial score (nSPS) is 17.8. The van der Waals surface area contributed by atoms with Gasteiger partial charge in [-0.2, -0.15) is 0 Å². The first-order valence-electron chi connectivity index (χ1n) is 5.42. The Kier molecular flexibility index (Phi) is 1.96. The minimum absolute atomic E-state index is 0.343. The SMILES string of the molecule is O=C(O)c1ccc2c(c1)=C1CCCN1CN=2. The standard InChI is InChI=1S/C12H12N2O2/c15-12(16)8-3-4-10-9(6-8)11-2-1-5-14(11)7-13-10/h3-4,6H,1-2,5,7H2,(H,15,16). The fourth-order valence-electron chi connectivity index (χ4n) is 2.39. The Morgan fingerprint density at radius 1 is 1.44 bits per heavy atom. The second-order valence-corrected chi connectivity index (χ2v) is 4.15. The highest BCUT2D eigenvalue weighted by molar-refractivity contribution is 5.87. The van der Waals surface area contributed by atoms with Gasteiger partial charge in [0.15, 0.2) is 0 Å². The molecule has 3 rings (SSSR count). The first kappa shape index (κ1) is 9.39. The summed E-state index contributed by atoms with van der Waals surface area (Å²) >= 11 is 0. The summed E-state index contributed by atoms with van der Waals surface area (Å²) in [6, 6.07) is 5.17. The highest BCUT2D eigenvalue weighted by Gasteiger charge is 2.20. The number of hydrogen-bond donors (Lipinski definition) is 1. The number of hydrogen-bond acceptors (Lipinski definition) is 3. The average Bonchev–Trinajstić information content (AvgIpc) is 2.76. The van der Waals surface area contributed by atoms with Gasteiger partial charge in [-0.25, -0.2) is 4.79 Å². The Labute approximate surface area is 92.5 Å². The molecule has 1 aromatic carbocycles. The van der Waals surface area contributed by atoms with Gasteiger partial charge in [0.2, 0.25) is 0 Å². The molecule has 0 atom stereocenters. The fourth-order valence-corrected chi connectivity index (χ4v) is 2.39. The number of carbonyl (C=O) groups is 1. The van der Waals surface area contributed by atoms with E-state index in [1.165, 1.54) is 5.70 Å². The van der Waals surface area contributed by atoms with E-state index in [1.807, 2.05) is 0 Å². The number of carboxylic acid groups (broad SMARTS) is 1. The van der Waals surface area contributed by atoms with Gasteiger partial charge in [0.1, 0.15) is 6.67 Å². The highest BCUT2D eigenvalue weighted by atomic mass is 16.4. The fraction of sp³-hybridized carbons (Fsp3) is 0.333. The van der Waals surface area contributed by atoms with Gasteiger partial charge in [-0.1, -0.05) is 0 Å². The zero-order valence-corrected chi connectivity index (χ0v) is 8.81. The van der Waals surface area contributed by atoms with Crippen LogP contribution in [0.3, 0.4) is 0 Å². The zero-order valence-electron chi connectivity index (χ0n) is 8.81. The van der Waals surface area contributed by atoms with E-state index in [4.69, 9.17) is 5.11 Å². The van der Waals surface area contributed by atoms with Gasteiger partial charge in [0.25, 0.3) is 0 Å². The van der Waals surface area contributed by atoms with Crippen LogP contribution in [0.5, 0.6) is 0 Å². The summed E-state index contributed by atoms with van der Waals surface area (Å²) in [5.74, 6) is -0.876. The van der Waals surface area contributed by atoms with Gasteiger partial charge in [-0.3, -0.25) is 4.99 Å². The van der Waals surface area contributed by atoms with Gasteiger partial charge in [-0.15, -0.1) is 0 Å². The topological polar surface area (TPSA) is 52.9 Å². The van der Waals surface area contributed by atoms with Gasteiger partial charge < -0.3 is 10.0 Å². The molecule has 2 aliphatic heterocycles. The van der Waals surface area contributed by atoms with Crippen molar-refractivity contribution in [2.24, 2.45) is 4.99 Å². The largest absolute Gasteiger partial charge is 0.478 e. The van der Waals surface area contributed by atoms with Crippen LogP contribution >= 0.6 is 0 Å². The molecule has 16 heavy (non-hydrogen) atoms. The summed E-state index contributed by atoms with van der Waals surface area (Å²) in [4.78, 5) is 17.6. The maximum absolute atomic E-state index is 10.9. The van der Waals surface area contributed by atoms with Crippen molar-refractivity contribution < 1.29 is 9.90 Å². The van der Waals surface area contributed by atoms with Crippen molar-refractivity contribution in [2.45, 2.75) is 12.8 Å². The number of fused-ring (bicyclic) bond motifs is 2. The van der Waals surface area contributed by atoms with Crippen molar-refractivity contribution in [1.82, 2.24) is 4.90 Å². The second kappa shape index (κ2) is 3.33. The summed E-state index contributed by atoms with van der Waals surface area (Å²) in [7, 11) is 0. The highest BCUT2D eigenvalue weighted by Crippen LogP contribution is 2.21. The van der Waals surface area contributed by atoms with Crippen LogP contribution in [0.1, 0.15) is 23.2 Å². The number of nitrogens with zero attached hydrogens (tertiary/aromatic N) is 2. The maximum atomic E-state index is 10.9. The molecule has 0 radical (unpaired) electrons. The van der Waals surface area contributed by atoms with Gasteiger partial charge >= 0.3 is 5.97 Å². The Balaban J connectivity index is 2.30. The van der Waals surface area contributed by atoms with Crippen LogP contribution in [-0.2, 0) is 0 Å². The molecule has 4 heteroatoms. The van der Waals surface area contributed by atoms with Gasteiger partial charge in [0, 0.05) is 17.5 Å². The van der Waals surface area contributed by atoms with E-state index < -0.39 is 5.97 Å². The molecule has 1 saturated heterocycles. The predicted octanol–water partition coefficient (Wildman–Crippen LogP) is 0.179. The molecular formula is C12H12N2O2. The number of aromatic carboxylic acids is 1. The minimum atomic E-state index is -0.876. The number of benzene rings is 1. The second-order valence-electron chi connectivity index (χ2n) is 4.15. The summed E-state index contributed by atoms with van der Waals surface area (Å²) in [6.07, 6.45) is 2.17. The minimum Gasteiger partial charge on any atom is -0.478 e. The van der Waals surface area contributed by atoms with E-state index in [0.717, 1.165) is 36.6 Å². The van der Waals surface area contributed by atoms with E-state index in [2.05, 4.69) is 9.89 Å². The maximum Gasteiger partial charge on any atom is 0.335 e. The Morgan fingerprint density at radius 2 is 2.31 bits per heavy atom. The van der Waals surface area contributed by atoms with Crippen molar-refractivity contribution >= 4 is 11.7 Å². The van der Waals surface area contributed by atoms with Crippen LogP contribution < -0.4 is 10.6 Å². The smallest absolute Gasteiger partial charge is 0.335 e. The van der Waals surface area contributed by atoms with Crippen molar-refractivity contribution in [3.63, 3.8) is 0 Å². The third kappa shape index (κ3) is 1.30. The third-order valence-corrected chi connectivity index (χ3v) is 3.19. The molecule has 0 aliphatic carbocycles. The summed E-state index contributed by atoms with van der Waals surface area (Å²) < 4.78 is 0. The average molecular weight is 216 g/mol. The lowest BCUT2D eigenvalue weighted by Crippen LogP contribution is -2.38. The zero-order chi connectivity index (χ0) is 11.1. The number of rotatable bonds is 1. The van der Waals surface area contributed by atoms with E-state index in [1.54, 1.807) is 18.2 Å². The first-order chi connectivity index (χ1) is 7.75. The molecule has 0 saturated carbocycles. The number of carboxylic acids is 1. The molecule has 1 fully saturated rings. The predicted molar refractivity (Wildman–Crippen MR) is 58.4 cm³/mol. The molecule has 2 heterocycles. The molecular weight excluding hydrogens is 204 g/mol. The van der Waals surface area contributed by atoms with Crippen molar-refractivity contribution in [2.75, 3.05) is 13.2 Å². The van der Waals surface area contributed by atoms with Gasteiger partial charge in [0.05, 0.1) is 10.9 Å². The Morgan fingerprint density at radius 3 is 3.12 bits per heavy atom. The molecule has 1 aromatic rings. The molecule has 1 N–H and O–H groups in total. The quantitative estimate of drug-likeness (QED) is 0.728. The van der Waals surface area contributed by atoms with Crippen LogP contribution in [0.2, 0.25) is 0 Å². The third-order valence-electron chi connectivity index (χ3n) is 3.19. The molecule has 0 unspecified atom stereocenters. The van der Waals surface area contributed by atoms with E-state index in [9.17, 15) is 4.79 Å². The molecule has 82 valence electrons. The monoisotopic (exact) mass is 216 g/mol. The van der Waals surface area contributed by atoms with Crippen LogP contribution in [-0.4, -0.2) is 29.2 Å². The molecule has 2 aliphatic rings. The van der Waals surface area contributed by atoms with Crippen LogP contribution in [0.4, 0.5) is 0 Å². The lowest BCUT2D eigenvalue weighted by Gasteiger charge is -2.20. The summed E-state index contributed by atoms with van der Waals surface area (Å²) in [5.41, 5.74) is 1.60. The van der Waals surface area contributed by atoms with Crippen LogP contribution in [0.15, 0.2) is 23.2 Å².